The van der Waals surface area contributed by atoms with Crippen molar-refractivity contribution in [2.75, 3.05) is 9.80 Å². The minimum absolute atomic E-state index is 0.0222. The van der Waals surface area contributed by atoms with Crippen LogP contribution >= 0.6 is 0 Å². The molecule has 3 nitrogen and oxygen atoms in total. The van der Waals surface area contributed by atoms with Crippen LogP contribution in [0.15, 0.2) is 443 Å². The molecule has 17 aromatic carbocycles. The van der Waals surface area contributed by atoms with Gasteiger partial charge in [-0.25, -0.2) is 0 Å². The van der Waals surface area contributed by atoms with Gasteiger partial charge in [0.25, 0.3) is 6.71 Å². The van der Waals surface area contributed by atoms with E-state index in [2.05, 4.69) is 478 Å². The summed E-state index contributed by atoms with van der Waals surface area (Å²) >= 11 is 0. The molecule has 3 heterocycles. The van der Waals surface area contributed by atoms with Crippen LogP contribution in [-0.4, -0.2) is 35.5 Å². The molecule has 0 aliphatic carbocycles. The summed E-state index contributed by atoms with van der Waals surface area (Å²) in [5.41, 5.74) is 17.5. The Balaban J connectivity index is 0.944. The predicted molar refractivity (Wildman–Crippen MR) is 490 cm³/mol. The third kappa shape index (κ3) is 11.3. The highest BCUT2D eigenvalue weighted by molar-refractivity contribution is 7.21. The molecule has 0 spiro atoms. The van der Waals surface area contributed by atoms with Gasteiger partial charge in [-0.3, -0.25) is 0 Å². The summed E-state index contributed by atoms with van der Waals surface area (Å²) in [4.78, 5) is 5.39. The predicted octanol–water partition coefficient (Wildman–Crippen LogP) is 16.0. The van der Waals surface area contributed by atoms with Crippen molar-refractivity contribution in [1.82, 2.24) is 4.57 Å². The highest BCUT2D eigenvalue weighted by Gasteiger charge is 2.50. The van der Waals surface area contributed by atoms with E-state index >= 15 is 0 Å². The first-order valence-electron chi connectivity index (χ1n) is 39.6. The van der Waals surface area contributed by atoms with E-state index in [0.29, 0.717) is 0 Å². The molecule has 0 unspecified atom stereocenters. The van der Waals surface area contributed by atoms with Gasteiger partial charge in [-0.15, -0.1) is 0 Å². The number of rotatable bonds is 16. The van der Waals surface area contributed by atoms with Crippen LogP contribution in [0.25, 0.3) is 38.6 Å². The Labute approximate surface area is 666 Å². The Hall–Kier alpha value is -13.1. The molecule has 113 heavy (non-hydrogen) atoms. The highest BCUT2D eigenvalue weighted by Crippen LogP contribution is 2.47. The van der Waals surface area contributed by atoms with Crippen molar-refractivity contribution in [1.29, 1.82) is 0 Å². The Morgan fingerprint density at radius 2 is 0.513 bits per heavy atom. The van der Waals surface area contributed by atoms with E-state index < -0.39 is 24.2 Å². The van der Waals surface area contributed by atoms with E-state index in [1.807, 2.05) is 0 Å². The van der Waals surface area contributed by atoms with Crippen molar-refractivity contribution in [2.24, 2.45) is 0 Å². The summed E-state index contributed by atoms with van der Waals surface area (Å²) in [6.45, 7) is 6.62. The molecule has 20 rings (SSSR count). The first-order chi connectivity index (χ1) is 55.7. The Bertz CT molecular complexity index is 6160. The lowest BCUT2D eigenvalue weighted by Gasteiger charge is -2.46. The topological polar surface area (TPSA) is 11.4 Å². The lowest BCUT2D eigenvalue weighted by atomic mass is 9.33. The maximum Gasteiger partial charge on any atom is 0.252 e. The van der Waals surface area contributed by atoms with Crippen LogP contribution in [0.2, 0.25) is 0 Å². The van der Waals surface area contributed by atoms with Crippen LogP contribution in [0.1, 0.15) is 26.3 Å². The van der Waals surface area contributed by atoms with E-state index in [0.717, 1.165) is 50.8 Å². The molecule has 1 aromatic heterocycles. The maximum atomic E-state index is 2.72. The number of nitrogens with zero attached hydrogens (tertiary/aromatic N) is 3. The largest absolute Gasteiger partial charge is 0.311 e. The van der Waals surface area contributed by atoms with Gasteiger partial charge in [-0.2, -0.15) is 0 Å². The summed E-state index contributed by atoms with van der Waals surface area (Å²) in [6, 6.07) is 170. The fourth-order valence-corrected chi connectivity index (χ4v) is 33.7. The molecule has 0 amide bonds. The van der Waals surface area contributed by atoms with Crippen LogP contribution in [0.4, 0.5) is 34.1 Å². The van der Waals surface area contributed by atoms with Crippen LogP contribution in [-0.2, 0) is 5.41 Å². The van der Waals surface area contributed by atoms with E-state index in [1.54, 1.807) is 0 Å². The first-order valence-corrected chi connectivity index (χ1v) is 45.6. The molecule has 7 heteroatoms. The fraction of sp³-hybridized carbons (Fsp3) is 0.0377. The second-order valence-corrected chi connectivity index (χ2v) is 42.8. The van der Waals surface area contributed by atoms with E-state index in [9.17, 15) is 0 Å². The first kappa shape index (κ1) is 69.1. The molecule has 2 aliphatic rings. The molecule has 2 aliphatic heterocycles. The molecular formula is C106H82BN3Si3. The smallest absolute Gasteiger partial charge is 0.252 e. The molecule has 0 radical (unpaired) electrons. The van der Waals surface area contributed by atoms with Gasteiger partial charge < -0.3 is 14.4 Å². The van der Waals surface area contributed by atoms with Gasteiger partial charge in [0.1, 0.15) is 0 Å². The zero-order chi connectivity index (χ0) is 75.7. The fourth-order valence-electron chi connectivity index (χ4n) is 19.4. The number of aromatic nitrogens is 1. The van der Waals surface area contributed by atoms with E-state index in [4.69, 9.17) is 0 Å². The van der Waals surface area contributed by atoms with Crippen molar-refractivity contribution in [3.8, 4) is 16.8 Å². The van der Waals surface area contributed by atoms with Crippen molar-refractivity contribution in [3.63, 3.8) is 0 Å². The van der Waals surface area contributed by atoms with Gasteiger partial charge in [0.2, 0.25) is 0 Å². The summed E-state index contributed by atoms with van der Waals surface area (Å²) < 4.78 is 2.56. The van der Waals surface area contributed by atoms with E-state index in [1.165, 1.54) is 106 Å². The highest BCUT2D eigenvalue weighted by atomic mass is 28.3. The summed E-state index contributed by atoms with van der Waals surface area (Å²) in [5, 5.41) is 18.2. The number of fused-ring (bicyclic) bond motifs is 7. The monoisotopic (exact) mass is 1490 g/mol. The molecule has 18 aromatic rings. The molecule has 0 N–H and O–H groups in total. The second-order valence-electron chi connectivity index (χ2n) is 31.4. The van der Waals surface area contributed by atoms with E-state index in [-0.39, 0.29) is 12.1 Å². The minimum atomic E-state index is -3.22. The van der Waals surface area contributed by atoms with Crippen LogP contribution in [0.3, 0.4) is 0 Å². The Kier molecular flexibility index (Phi) is 17.3. The lowest BCUT2D eigenvalue weighted by molar-refractivity contribution is 0.590. The number of hydrogen-bond donors (Lipinski definition) is 0. The van der Waals surface area contributed by atoms with Crippen molar-refractivity contribution >= 4 is 165 Å². The van der Waals surface area contributed by atoms with Gasteiger partial charge >= 0.3 is 0 Å². The quantitative estimate of drug-likeness (QED) is 0.0706. The molecule has 0 bridgehead atoms. The normalized spacial score (nSPS) is 12.7. The molecule has 0 atom stereocenters. The molecule has 0 saturated heterocycles. The molecule has 0 fully saturated rings. The average molecular weight is 1490 g/mol. The standard InChI is InChI=1S/C106H82BN3Si3/c1-106(2,3)79-64-60-77(61-65-79)78-62-66-80(67-63-78)108-101-75-93(112(86-43-19-7-20-44-86,87-45-21-8-22-46-87)88-47-23-9-24-48-88)68-70-97(101)107-98-71-69-94(113(89-49-25-10-26-50-89,90-51-27-11-28-52-90)91-53-29-12-30-54-91)76-102(98)109(104-74-82(73-103(108)105(104)107)110-99-58-33-31-56-95(99)96-57-32-34-59-100(96)110)81-36-35-55-92(72-81)111(83-37-13-4-14-38-83,84-39-15-5-16-40-84)85-41-17-6-18-42-85/h4-76H,1-3H3. The zero-order valence-electron chi connectivity index (χ0n) is 63.6. The van der Waals surface area contributed by atoms with Crippen LogP contribution < -0.4 is 88.4 Å². The van der Waals surface area contributed by atoms with Crippen molar-refractivity contribution in [3.05, 3.63) is 448 Å². The molecule has 536 valence electrons. The molecular weight excluding hydrogens is 1410 g/mol. The average Bonchev–Trinajstić information content (AvgIpc) is 1.18. The van der Waals surface area contributed by atoms with Gasteiger partial charge in [0, 0.05) is 44.9 Å². The number of hydrogen-bond acceptors (Lipinski definition) is 2. The Morgan fingerprint density at radius 3 is 0.850 bits per heavy atom. The maximum absolute atomic E-state index is 3.22. The lowest BCUT2D eigenvalue weighted by Crippen LogP contribution is -2.75. The Morgan fingerprint density at radius 1 is 0.221 bits per heavy atom. The third-order valence-electron chi connectivity index (χ3n) is 24.4. The number of para-hydroxylation sites is 2. The van der Waals surface area contributed by atoms with Crippen LogP contribution in [0.5, 0.6) is 0 Å². The van der Waals surface area contributed by atoms with Crippen molar-refractivity contribution < 1.29 is 0 Å². The van der Waals surface area contributed by atoms with Crippen molar-refractivity contribution in [2.45, 2.75) is 26.2 Å². The SMILES string of the molecule is CC(C)(C)c1ccc(-c2ccc(N3c4cc([Si](c5ccccc5)(c5ccccc5)c5ccccc5)ccc4B4c5ccc([Si](c6ccccc6)(c6ccccc6)c6ccccc6)cc5N(c5cccc([Si](c6ccccc6)(c6ccccc6)c6ccccc6)c5)c5cc(-n6c7ccccc7c7ccccc76)cc3c54)cc2)cc1. The van der Waals surface area contributed by atoms with Gasteiger partial charge in [-0.1, -0.05) is 403 Å². The summed E-state index contributed by atoms with van der Waals surface area (Å²) in [5.74, 6) is 0. The van der Waals surface area contributed by atoms with Gasteiger partial charge in [-0.05, 0) is 161 Å². The number of anilines is 6. The second kappa shape index (κ2) is 28.3. The summed E-state index contributed by atoms with van der Waals surface area (Å²) in [6.07, 6.45) is 0. The molecule has 0 saturated carbocycles. The third-order valence-corrected chi connectivity index (χ3v) is 38.7. The van der Waals surface area contributed by atoms with Gasteiger partial charge in [0.05, 0.1) is 16.7 Å². The summed E-state index contributed by atoms with van der Waals surface area (Å²) in [7, 11) is -9.55. The zero-order valence-corrected chi connectivity index (χ0v) is 66.6. The number of benzene rings is 17. The minimum Gasteiger partial charge on any atom is -0.311 e. The van der Waals surface area contributed by atoms with Gasteiger partial charge in [0.15, 0.2) is 24.2 Å². The van der Waals surface area contributed by atoms with Crippen LogP contribution in [0, 0.1) is 0 Å².